The molecule has 1 heterocycles. The molecule has 2 N–H and O–H groups in total. The van der Waals surface area contributed by atoms with Crippen LogP contribution < -0.4 is 5.73 Å². The molecule has 0 atom stereocenters. The number of benzene rings is 1. The molecule has 0 radical (unpaired) electrons. The standard InChI is InChI=1S/C14H14N2OS/c1-8(2)11-5-4-10(6-12(11)13(15)17)14-16-9(3)7-18-14/h4-7H,1H2,2-3H3,(H2,15,17). The molecule has 0 spiro atoms. The molecule has 4 heteroatoms. The maximum atomic E-state index is 11.5. The molecule has 18 heavy (non-hydrogen) atoms. The van der Waals surface area contributed by atoms with Gasteiger partial charge in [0, 0.05) is 22.2 Å². The maximum absolute atomic E-state index is 11.5. The van der Waals surface area contributed by atoms with Gasteiger partial charge in [0.1, 0.15) is 5.01 Å². The minimum atomic E-state index is -0.442. The van der Waals surface area contributed by atoms with E-state index in [1.165, 1.54) is 0 Å². The first kappa shape index (κ1) is 12.5. The second-order valence-electron chi connectivity index (χ2n) is 4.20. The highest BCUT2D eigenvalue weighted by Gasteiger charge is 2.12. The number of allylic oxidation sites excluding steroid dienone is 1. The fourth-order valence-corrected chi connectivity index (χ4v) is 2.53. The number of nitrogens with two attached hydrogens (primary N) is 1. The predicted octanol–water partition coefficient (Wildman–Crippen LogP) is 3.25. The van der Waals surface area contributed by atoms with Crippen LogP contribution in [0.4, 0.5) is 0 Å². The lowest BCUT2D eigenvalue weighted by Gasteiger charge is -2.07. The number of aryl methyl sites for hydroxylation is 1. The van der Waals surface area contributed by atoms with Gasteiger partial charge in [0.15, 0.2) is 0 Å². The second kappa shape index (κ2) is 4.74. The SMILES string of the molecule is C=C(C)c1ccc(-c2nc(C)cs2)cc1C(N)=O. The van der Waals surface area contributed by atoms with Crippen LogP contribution in [0.15, 0.2) is 30.2 Å². The molecule has 2 rings (SSSR count). The summed E-state index contributed by atoms with van der Waals surface area (Å²) < 4.78 is 0. The molecule has 1 aromatic heterocycles. The van der Waals surface area contributed by atoms with Gasteiger partial charge in [0.05, 0.1) is 0 Å². The average molecular weight is 258 g/mol. The highest BCUT2D eigenvalue weighted by molar-refractivity contribution is 7.13. The predicted molar refractivity (Wildman–Crippen MR) is 75.5 cm³/mol. The van der Waals surface area contributed by atoms with Gasteiger partial charge in [-0.1, -0.05) is 24.3 Å². The molecule has 1 amide bonds. The van der Waals surface area contributed by atoms with Gasteiger partial charge in [0.25, 0.3) is 0 Å². The first-order valence-electron chi connectivity index (χ1n) is 5.51. The number of carbonyl (C=O) groups is 1. The summed E-state index contributed by atoms with van der Waals surface area (Å²) in [5.41, 5.74) is 9.40. The quantitative estimate of drug-likeness (QED) is 0.918. The Bertz CT molecular complexity index is 628. The van der Waals surface area contributed by atoms with Crippen LogP contribution >= 0.6 is 11.3 Å². The Hall–Kier alpha value is -1.94. The van der Waals surface area contributed by atoms with Crippen LogP contribution in [0.3, 0.4) is 0 Å². The van der Waals surface area contributed by atoms with Crippen molar-refractivity contribution in [2.24, 2.45) is 5.73 Å². The van der Waals surface area contributed by atoms with E-state index in [9.17, 15) is 4.79 Å². The van der Waals surface area contributed by atoms with Crippen LogP contribution in [0.2, 0.25) is 0 Å². The molecule has 0 aliphatic carbocycles. The Morgan fingerprint density at radius 3 is 2.61 bits per heavy atom. The van der Waals surface area contributed by atoms with E-state index in [1.54, 1.807) is 17.4 Å². The minimum absolute atomic E-state index is 0.442. The number of rotatable bonds is 3. The topological polar surface area (TPSA) is 56.0 Å². The van der Waals surface area contributed by atoms with Gasteiger partial charge in [-0.2, -0.15) is 0 Å². The second-order valence-corrected chi connectivity index (χ2v) is 5.06. The van der Waals surface area contributed by atoms with Crippen molar-refractivity contribution in [1.29, 1.82) is 0 Å². The number of hydrogen-bond acceptors (Lipinski definition) is 3. The molecule has 2 aromatic rings. The van der Waals surface area contributed by atoms with Crippen molar-refractivity contribution in [3.8, 4) is 10.6 Å². The Morgan fingerprint density at radius 2 is 2.11 bits per heavy atom. The van der Waals surface area contributed by atoms with Crippen LogP contribution in [-0.2, 0) is 0 Å². The number of thiazole rings is 1. The number of nitrogens with zero attached hydrogens (tertiary/aromatic N) is 1. The van der Waals surface area contributed by atoms with E-state index in [1.807, 2.05) is 31.4 Å². The van der Waals surface area contributed by atoms with Crippen LogP contribution in [0.5, 0.6) is 0 Å². The third-order valence-electron chi connectivity index (χ3n) is 2.61. The lowest BCUT2D eigenvalue weighted by Crippen LogP contribution is -2.13. The smallest absolute Gasteiger partial charge is 0.249 e. The summed E-state index contributed by atoms with van der Waals surface area (Å²) in [6.45, 7) is 7.65. The fourth-order valence-electron chi connectivity index (χ4n) is 1.74. The zero-order valence-electron chi connectivity index (χ0n) is 10.4. The van der Waals surface area contributed by atoms with Gasteiger partial charge < -0.3 is 5.73 Å². The molecule has 1 aromatic carbocycles. The largest absolute Gasteiger partial charge is 0.366 e. The first-order valence-corrected chi connectivity index (χ1v) is 6.39. The number of hydrogen-bond donors (Lipinski definition) is 1. The highest BCUT2D eigenvalue weighted by Crippen LogP contribution is 2.27. The number of primary amides is 1. The summed E-state index contributed by atoms with van der Waals surface area (Å²) in [7, 11) is 0. The Kier molecular flexibility index (Phi) is 3.30. The fraction of sp³-hybridized carbons (Fsp3) is 0.143. The van der Waals surface area contributed by atoms with Crippen LogP contribution in [0.1, 0.15) is 28.5 Å². The molecule has 0 fully saturated rings. The van der Waals surface area contributed by atoms with Crippen LogP contribution in [0, 0.1) is 6.92 Å². The zero-order valence-corrected chi connectivity index (χ0v) is 11.2. The van der Waals surface area contributed by atoms with Gasteiger partial charge in [0.2, 0.25) is 5.91 Å². The molecule has 92 valence electrons. The number of carbonyl (C=O) groups excluding carboxylic acids is 1. The van der Waals surface area contributed by atoms with E-state index < -0.39 is 5.91 Å². The highest BCUT2D eigenvalue weighted by atomic mass is 32.1. The van der Waals surface area contributed by atoms with Gasteiger partial charge in [-0.3, -0.25) is 4.79 Å². The van der Waals surface area contributed by atoms with Gasteiger partial charge in [-0.15, -0.1) is 11.3 Å². The summed E-state index contributed by atoms with van der Waals surface area (Å²) in [5, 5.41) is 2.87. The Morgan fingerprint density at radius 1 is 1.39 bits per heavy atom. The van der Waals surface area contributed by atoms with E-state index in [4.69, 9.17) is 5.73 Å². The molecule has 0 saturated heterocycles. The molecule has 3 nitrogen and oxygen atoms in total. The molecule has 0 aliphatic heterocycles. The average Bonchev–Trinajstić information content (AvgIpc) is 2.75. The summed E-state index contributed by atoms with van der Waals surface area (Å²) in [5.74, 6) is -0.442. The van der Waals surface area contributed by atoms with E-state index in [0.29, 0.717) is 5.56 Å². The van der Waals surface area contributed by atoms with Gasteiger partial charge in [-0.25, -0.2) is 4.98 Å². The summed E-state index contributed by atoms with van der Waals surface area (Å²) in [6.07, 6.45) is 0. The maximum Gasteiger partial charge on any atom is 0.249 e. The monoisotopic (exact) mass is 258 g/mol. The van der Waals surface area contributed by atoms with Crippen LogP contribution in [0.25, 0.3) is 16.1 Å². The van der Waals surface area contributed by atoms with Crippen molar-refractivity contribution in [1.82, 2.24) is 4.98 Å². The van der Waals surface area contributed by atoms with E-state index in [0.717, 1.165) is 27.4 Å². The van der Waals surface area contributed by atoms with Crippen LogP contribution in [-0.4, -0.2) is 10.9 Å². The summed E-state index contributed by atoms with van der Waals surface area (Å²) in [6, 6.07) is 5.59. The van der Waals surface area contributed by atoms with E-state index in [2.05, 4.69) is 11.6 Å². The Balaban J connectivity index is 2.56. The van der Waals surface area contributed by atoms with Crippen molar-refractivity contribution in [2.45, 2.75) is 13.8 Å². The molecule has 0 unspecified atom stereocenters. The van der Waals surface area contributed by atoms with Crippen molar-refractivity contribution in [3.05, 3.63) is 47.0 Å². The van der Waals surface area contributed by atoms with Crippen molar-refractivity contribution < 1.29 is 4.79 Å². The zero-order chi connectivity index (χ0) is 13.3. The lowest BCUT2D eigenvalue weighted by atomic mass is 9.99. The van der Waals surface area contributed by atoms with Crippen molar-refractivity contribution >= 4 is 22.8 Å². The van der Waals surface area contributed by atoms with Gasteiger partial charge >= 0.3 is 0 Å². The summed E-state index contributed by atoms with van der Waals surface area (Å²) >= 11 is 1.55. The molecule has 0 saturated carbocycles. The molecular formula is C14H14N2OS. The van der Waals surface area contributed by atoms with Crippen molar-refractivity contribution in [3.63, 3.8) is 0 Å². The molecular weight excluding hydrogens is 244 g/mol. The first-order chi connectivity index (χ1) is 8.49. The number of aromatic nitrogens is 1. The minimum Gasteiger partial charge on any atom is -0.366 e. The third-order valence-corrected chi connectivity index (χ3v) is 3.62. The lowest BCUT2D eigenvalue weighted by molar-refractivity contribution is 0.1000. The van der Waals surface area contributed by atoms with Gasteiger partial charge in [-0.05, 0) is 25.5 Å². The number of amides is 1. The molecule has 0 bridgehead atoms. The Labute approximate surface area is 110 Å². The molecule has 0 aliphatic rings. The normalized spacial score (nSPS) is 10.3. The van der Waals surface area contributed by atoms with E-state index in [-0.39, 0.29) is 0 Å². The van der Waals surface area contributed by atoms with E-state index >= 15 is 0 Å². The van der Waals surface area contributed by atoms with Crippen molar-refractivity contribution in [2.75, 3.05) is 0 Å². The summed E-state index contributed by atoms with van der Waals surface area (Å²) in [4.78, 5) is 15.9. The third kappa shape index (κ3) is 2.33.